The third-order valence-corrected chi connectivity index (χ3v) is 5.41. The Bertz CT molecular complexity index is 729. The van der Waals surface area contributed by atoms with E-state index >= 15 is 0 Å². The summed E-state index contributed by atoms with van der Waals surface area (Å²) in [5.74, 6) is 0.283. The van der Waals surface area contributed by atoms with Gasteiger partial charge in [-0.05, 0) is 0 Å². The van der Waals surface area contributed by atoms with E-state index in [2.05, 4.69) is 11.1 Å². The van der Waals surface area contributed by atoms with Crippen LogP contribution in [0.25, 0.3) is 10.1 Å². The number of rotatable bonds is 5. The average Bonchev–Trinajstić information content (AvgIpc) is 3.18. The van der Waals surface area contributed by atoms with Gasteiger partial charge in [-0.2, -0.15) is 0 Å². The van der Waals surface area contributed by atoms with E-state index < -0.39 is 5.97 Å². The zero-order chi connectivity index (χ0) is 14.8. The average molecular weight is 347 g/mol. The van der Waals surface area contributed by atoms with E-state index in [-0.39, 0.29) is 14.5 Å². The van der Waals surface area contributed by atoms with Crippen LogP contribution in [-0.2, 0) is 0 Å². The number of carbonyl (C=O) groups is 1. The number of ether oxygens (including phenoxy) is 1. The normalized spacial score (nSPS) is 13.7. The van der Waals surface area contributed by atoms with Crippen molar-refractivity contribution < 1.29 is 14.6 Å². The van der Waals surface area contributed by atoms with Gasteiger partial charge < -0.3 is 0 Å². The number of aromatic nitrogens is 1. The number of hydrogen-bond acceptors (Lipinski definition) is 4. The molecule has 0 spiro atoms. The SMILES string of the molecule is N#Cc1cc(-c2ncc(C(=O)O)[se]2)ccc1OCC1CC1. The molecule has 0 atom stereocenters. The molecule has 106 valence electrons. The molecule has 1 aromatic carbocycles. The predicted octanol–water partition coefficient (Wildman–Crippen LogP) is 2.16. The van der Waals surface area contributed by atoms with Gasteiger partial charge in [0, 0.05) is 0 Å². The van der Waals surface area contributed by atoms with E-state index in [0.717, 1.165) is 10.1 Å². The molecule has 21 heavy (non-hydrogen) atoms. The summed E-state index contributed by atoms with van der Waals surface area (Å²) in [6.07, 6.45) is 3.78. The monoisotopic (exact) mass is 348 g/mol. The third kappa shape index (κ3) is 3.15. The van der Waals surface area contributed by atoms with Crippen LogP contribution < -0.4 is 4.74 Å². The summed E-state index contributed by atoms with van der Waals surface area (Å²) in [5, 5.41) is 18.2. The van der Waals surface area contributed by atoms with Crippen LogP contribution in [0.5, 0.6) is 5.75 Å². The number of carboxylic acids is 1. The van der Waals surface area contributed by atoms with E-state index in [4.69, 9.17) is 9.84 Å². The Morgan fingerprint density at radius 2 is 2.33 bits per heavy atom. The number of nitriles is 1. The van der Waals surface area contributed by atoms with E-state index in [9.17, 15) is 10.1 Å². The maximum absolute atomic E-state index is 10.9. The van der Waals surface area contributed by atoms with Crippen molar-refractivity contribution in [1.82, 2.24) is 4.98 Å². The fourth-order valence-corrected chi connectivity index (χ4v) is 3.45. The number of nitrogens with zero attached hydrogens (tertiary/aromatic N) is 2. The van der Waals surface area contributed by atoms with Crippen LogP contribution in [-0.4, -0.2) is 37.2 Å². The maximum atomic E-state index is 10.9. The van der Waals surface area contributed by atoms with Crippen molar-refractivity contribution in [2.75, 3.05) is 6.61 Å². The first-order valence-corrected chi connectivity index (χ1v) is 8.25. The molecule has 1 aliphatic rings. The Labute approximate surface area is 127 Å². The molecule has 0 bridgehead atoms. The molecule has 6 heteroatoms. The van der Waals surface area contributed by atoms with E-state index in [1.807, 2.05) is 6.07 Å². The molecule has 1 aromatic heterocycles. The molecular formula is C15H12N2O3Se. The van der Waals surface area contributed by atoms with Crippen LogP contribution in [0.15, 0.2) is 24.4 Å². The molecule has 0 radical (unpaired) electrons. The summed E-state index contributed by atoms with van der Waals surface area (Å²) in [6.45, 7) is 0.656. The zero-order valence-electron chi connectivity index (χ0n) is 11.1. The van der Waals surface area contributed by atoms with Crippen molar-refractivity contribution in [2.24, 2.45) is 5.92 Å². The fourth-order valence-electron chi connectivity index (χ4n) is 1.87. The van der Waals surface area contributed by atoms with Gasteiger partial charge in [0.15, 0.2) is 0 Å². The Balaban J connectivity index is 1.85. The van der Waals surface area contributed by atoms with Crippen molar-refractivity contribution in [3.63, 3.8) is 0 Å². The predicted molar refractivity (Wildman–Crippen MR) is 76.5 cm³/mol. The number of aromatic carboxylic acids is 1. The molecule has 1 saturated carbocycles. The molecular weight excluding hydrogens is 335 g/mol. The molecule has 1 aliphatic carbocycles. The van der Waals surface area contributed by atoms with Gasteiger partial charge in [-0.3, -0.25) is 0 Å². The summed E-state index contributed by atoms with van der Waals surface area (Å²) in [5.41, 5.74) is 1.26. The van der Waals surface area contributed by atoms with Crippen molar-refractivity contribution >= 4 is 20.5 Å². The Kier molecular flexibility index (Phi) is 3.78. The summed E-state index contributed by atoms with van der Waals surface area (Å²) in [6, 6.07) is 7.46. The van der Waals surface area contributed by atoms with Gasteiger partial charge >= 0.3 is 127 Å². The molecule has 0 saturated heterocycles. The van der Waals surface area contributed by atoms with E-state index in [1.165, 1.54) is 19.0 Å². The van der Waals surface area contributed by atoms with E-state index in [1.54, 1.807) is 12.1 Å². The number of carboxylic acid groups (broad SMARTS) is 1. The minimum absolute atomic E-state index is 0.324. The van der Waals surface area contributed by atoms with Crippen molar-refractivity contribution in [3.05, 3.63) is 34.4 Å². The van der Waals surface area contributed by atoms with Crippen LogP contribution in [0.4, 0.5) is 0 Å². The van der Waals surface area contributed by atoms with Crippen molar-refractivity contribution in [1.29, 1.82) is 5.26 Å². The second-order valence-corrected chi connectivity index (χ2v) is 7.07. The number of benzene rings is 1. The second kappa shape index (κ2) is 5.72. The van der Waals surface area contributed by atoms with Crippen LogP contribution >= 0.6 is 0 Å². The molecule has 0 unspecified atom stereocenters. The van der Waals surface area contributed by atoms with Gasteiger partial charge in [0.05, 0.1) is 0 Å². The Morgan fingerprint density at radius 3 is 2.95 bits per heavy atom. The summed E-state index contributed by atoms with van der Waals surface area (Å²) >= 11 is -0.324. The van der Waals surface area contributed by atoms with Gasteiger partial charge in [0.2, 0.25) is 0 Å². The summed E-state index contributed by atoms with van der Waals surface area (Å²) in [4.78, 5) is 15.1. The Morgan fingerprint density at radius 1 is 1.52 bits per heavy atom. The van der Waals surface area contributed by atoms with Gasteiger partial charge in [-0.15, -0.1) is 0 Å². The standard InChI is InChI=1S/C15H12N2O3Se/c16-6-11-5-10(14-17-7-13(21-14)15(18)19)3-4-12(11)20-8-9-1-2-9/h3-5,7,9H,1-2,8H2,(H,18,19). The summed E-state index contributed by atoms with van der Waals surface area (Å²) in [7, 11) is 0. The minimum atomic E-state index is -0.932. The van der Waals surface area contributed by atoms with Gasteiger partial charge in [-0.25, -0.2) is 0 Å². The van der Waals surface area contributed by atoms with Gasteiger partial charge in [-0.1, -0.05) is 0 Å². The molecule has 0 amide bonds. The topological polar surface area (TPSA) is 83.2 Å². The third-order valence-electron chi connectivity index (χ3n) is 3.23. The van der Waals surface area contributed by atoms with Crippen molar-refractivity contribution in [3.8, 4) is 22.0 Å². The van der Waals surface area contributed by atoms with Crippen LogP contribution in [0.2, 0.25) is 0 Å². The molecule has 1 N–H and O–H groups in total. The van der Waals surface area contributed by atoms with Gasteiger partial charge in [0.1, 0.15) is 0 Å². The first-order valence-electron chi connectivity index (χ1n) is 6.54. The second-order valence-electron chi connectivity index (χ2n) is 4.91. The van der Waals surface area contributed by atoms with Crippen LogP contribution in [0, 0.1) is 17.2 Å². The Hall–Kier alpha value is -2.09. The molecule has 3 rings (SSSR count). The molecule has 1 fully saturated rings. The number of hydrogen-bond donors (Lipinski definition) is 1. The zero-order valence-corrected chi connectivity index (χ0v) is 12.8. The van der Waals surface area contributed by atoms with E-state index in [0.29, 0.717) is 28.3 Å². The first kappa shape index (κ1) is 13.9. The quantitative estimate of drug-likeness (QED) is 0.838. The molecule has 2 aromatic rings. The fraction of sp³-hybridized carbons (Fsp3) is 0.267. The van der Waals surface area contributed by atoms with Gasteiger partial charge in [0.25, 0.3) is 0 Å². The first-order chi connectivity index (χ1) is 10.2. The molecule has 0 aliphatic heterocycles. The van der Waals surface area contributed by atoms with Crippen LogP contribution in [0.1, 0.15) is 27.6 Å². The molecule has 1 heterocycles. The van der Waals surface area contributed by atoms with Crippen LogP contribution in [0.3, 0.4) is 0 Å². The summed E-state index contributed by atoms with van der Waals surface area (Å²) < 4.78 is 6.72. The van der Waals surface area contributed by atoms with Crippen molar-refractivity contribution in [2.45, 2.75) is 12.8 Å². The molecule has 5 nitrogen and oxygen atoms in total.